The third-order valence-corrected chi connectivity index (χ3v) is 11.0. The third-order valence-electron chi connectivity index (χ3n) is 11.0. The van der Waals surface area contributed by atoms with Crippen LogP contribution in [0.3, 0.4) is 0 Å². The predicted octanol–water partition coefficient (Wildman–Crippen LogP) is 7.36. The fourth-order valence-electron chi connectivity index (χ4n) is 9.10. The van der Waals surface area contributed by atoms with Gasteiger partial charge in [-0.25, -0.2) is 4.98 Å². The molecule has 4 aliphatic carbocycles. The first-order valence-corrected chi connectivity index (χ1v) is 17.1. The molecule has 2 heterocycles. The molecule has 9 nitrogen and oxygen atoms in total. The van der Waals surface area contributed by atoms with Crippen LogP contribution < -0.4 is 26.0 Å². The number of benzene rings is 2. The first-order chi connectivity index (χ1) is 23.1. The third kappa shape index (κ3) is 6.51. The van der Waals surface area contributed by atoms with Crippen LogP contribution >= 0.6 is 0 Å². The molecular weight excluding hydrogens is 619 g/mol. The van der Waals surface area contributed by atoms with E-state index in [9.17, 15) is 18.0 Å². The Morgan fingerprint density at radius 2 is 1.69 bits per heavy atom. The minimum Gasteiger partial charge on any atom is -0.494 e. The number of carbonyl (C=O) groups is 1. The molecule has 12 heteroatoms. The predicted molar refractivity (Wildman–Crippen MR) is 180 cm³/mol. The summed E-state index contributed by atoms with van der Waals surface area (Å²) in [5, 5.41) is 12.0. The number of piperidine rings is 1. The Kier molecular flexibility index (Phi) is 8.86. The summed E-state index contributed by atoms with van der Waals surface area (Å²) in [6.45, 7) is 3.95. The normalized spacial score (nSPS) is 25.5. The highest BCUT2D eigenvalue weighted by Crippen LogP contribution is 2.55. The van der Waals surface area contributed by atoms with Gasteiger partial charge >= 0.3 is 6.18 Å². The molecule has 0 unspecified atom stereocenters. The number of likely N-dealkylation sites (tertiary alicyclic amines) is 1. The summed E-state index contributed by atoms with van der Waals surface area (Å²) < 4.78 is 47.7. The maximum Gasteiger partial charge on any atom is 0.421 e. The highest BCUT2D eigenvalue weighted by molar-refractivity contribution is 6.00. The van der Waals surface area contributed by atoms with Crippen molar-refractivity contribution in [2.45, 2.75) is 70.1 Å². The van der Waals surface area contributed by atoms with E-state index in [1.54, 1.807) is 26.2 Å². The smallest absolute Gasteiger partial charge is 0.421 e. The number of carbonyl (C=O) groups excluding carboxylic acids is 1. The molecule has 4 N–H and O–H groups in total. The molecule has 48 heavy (non-hydrogen) atoms. The van der Waals surface area contributed by atoms with Crippen LogP contribution in [0.25, 0.3) is 0 Å². The SMILES string of the molecule is CNC(=O)c1cccc(C)c1Nc1nc(Nc2ccc(NC3CCN([C@H]4C5CC6CC4C[C@H](C6)C5)CC3)cc2OC)ncc1C(F)(F)F. The lowest BCUT2D eigenvalue weighted by Crippen LogP contribution is -2.58. The lowest BCUT2D eigenvalue weighted by atomic mass is 9.53. The molecule has 4 bridgehead atoms. The van der Waals surface area contributed by atoms with Gasteiger partial charge in [-0.1, -0.05) is 12.1 Å². The van der Waals surface area contributed by atoms with E-state index in [-0.39, 0.29) is 17.2 Å². The fraction of sp³-hybridized carbons (Fsp3) is 0.528. The summed E-state index contributed by atoms with van der Waals surface area (Å²) in [7, 11) is 3.01. The number of aromatic nitrogens is 2. The molecule has 1 aliphatic heterocycles. The van der Waals surface area contributed by atoms with E-state index in [4.69, 9.17) is 4.74 Å². The zero-order valence-corrected chi connectivity index (χ0v) is 27.7. The van der Waals surface area contributed by atoms with Gasteiger partial charge in [-0.2, -0.15) is 18.2 Å². The number of rotatable bonds is 9. The Morgan fingerprint density at radius 1 is 0.979 bits per heavy atom. The number of hydrogen-bond acceptors (Lipinski definition) is 8. The number of aryl methyl sites for hydroxylation is 1. The Morgan fingerprint density at radius 3 is 2.33 bits per heavy atom. The first-order valence-electron chi connectivity index (χ1n) is 17.1. The summed E-state index contributed by atoms with van der Waals surface area (Å²) in [5.41, 5.74) is 1.38. The lowest BCUT2D eigenvalue weighted by Gasteiger charge is -2.58. The standard InChI is InChI=1S/C36H44F3N7O2/c1-20-5-4-6-27(34(47)40-2)31(20)44-33-28(36(37,38)39)19-41-35(45-33)43-29-8-7-26(18-30(29)48-3)42-25-9-11-46(12-10-25)32-23-14-21-13-22(16-23)17-24(32)15-21/h4-8,18-19,21-25,32,42H,9-17H2,1-3H3,(H,40,47)(H2,41,43,44,45)/t21-,22?,23?,24?,32+. The number of alkyl halides is 3. The van der Waals surface area contributed by atoms with Crippen molar-refractivity contribution in [3.05, 3.63) is 59.3 Å². The zero-order chi connectivity index (χ0) is 33.6. The molecule has 2 aromatic carbocycles. The summed E-state index contributed by atoms with van der Waals surface area (Å²) in [5.74, 6) is 3.31. The number of ether oxygens (including phenoxy) is 1. The van der Waals surface area contributed by atoms with Gasteiger partial charge in [0.05, 0.1) is 24.0 Å². The number of halogens is 3. The van der Waals surface area contributed by atoms with Crippen molar-refractivity contribution >= 4 is 34.7 Å². The molecule has 1 saturated heterocycles. The van der Waals surface area contributed by atoms with E-state index >= 15 is 0 Å². The fourth-order valence-corrected chi connectivity index (χ4v) is 9.10. The van der Waals surface area contributed by atoms with E-state index < -0.39 is 23.5 Å². The van der Waals surface area contributed by atoms with Crippen LogP contribution in [0.2, 0.25) is 0 Å². The Hall–Kier alpha value is -4.06. The van der Waals surface area contributed by atoms with Gasteiger partial charge in [-0.05, 0) is 99.3 Å². The topological polar surface area (TPSA) is 103 Å². The van der Waals surface area contributed by atoms with Gasteiger partial charge in [0, 0.05) is 50.2 Å². The van der Waals surface area contributed by atoms with Crippen molar-refractivity contribution in [3.8, 4) is 5.75 Å². The van der Waals surface area contributed by atoms with Gasteiger partial charge in [0.1, 0.15) is 17.1 Å². The summed E-state index contributed by atoms with van der Waals surface area (Å²) >= 11 is 0. The van der Waals surface area contributed by atoms with Gasteiger partial charge in [-0.15, -0.1) is 0 Å². The van der Waals surface area contributed by atoms with Crippen molar-refractivity contribution in [1.29, 1.82) is 0 Å². The summed E-state index contributed by atoms with van der Waals surface area (Å²) in [4.78, 5) is 23.4. The van der Waals surface area contributed by atoms with Gasteiger partial charge in [-0.3, -0.25) is 9.69 Å². The van der Waals surface area contributed by atoms with Gasteiger partial charge in [0.25, 0.3) is 5.91 Å². The van der Waals surface area contributed by atoms with Crippen molar-refractivity contribution in [1.82, 2.24) is 20.2 Å². The van der Waals surface area contributed by atoms with Crippen molar-refractivity contribution in [3.63, 3.8) is 0 Å². The summed E-state index contributed by atoms with van der Waals surface area (Å²) in [6, 6.07) is 11.7. The maximum absolute atomic E-state index is 14.0. The van der Waals surface area contributed by atoms with Crippen molar-refractivity contribution in [2.24, 2.45) is 23.7 Å². The Bertz CT molecular complexity index is 1630. The van der Waals surface area contributed by atoms with Gasteiger partial charge < -0.3 is 26.0 Å². The molecule has 0 spiro atoms. The number of anilines is 5. The van der Waals surface area contributed by atoms with Crippen LogP contribution in [0.5, 0.6) is 5.75 Å². The monoisotopic (exact) mass is 663 g/mol. The van der Waals surface area contributed by atoms with E-state index in [1.165, 1.54) is 45.2 Å². The number of nitrogens with zero attached hydrogens (tertiary/aromatic N) is 3. The van der Waals surface area contributed by atoms with Crippen LogP contribution in [0.15, 0.2) is 42.6 Å². The minimum atomic E-state index is -4.73. The molecule has 0 atom stereocenters. The first kappa shape index (κ1) is 32.5. The van der Waals surface area contributed by atoms with Crippen LogP contribution in [-0.4, -0.2) is 60.1 Å². The molecule has 1 amide bonds. The zero-order valence-electron chi connectivity index (χ0n) is 27.7. The van der Waals surface area contributed by atoms with Gasteiger partial charge in [0.15, 0.2) is 0 Å². The van der Waals surface area contributed by atoms with Crippen LogP contribution in [0.4, 0.5) is 42.0 Å². The van der Waals surface area contributed by atoms with Crippen molar-refractivity contribution in [2.75, 3.05) is 43.2 Å². The second-order valence-corrected chi connectivity index (χ2v) is 14.1. The number of para-hydroxylation sites is 1. The molecule has 1 aromatic heterocycles. The van der Waals surface area contributed by atoms with E-state index in [1.807, 2.05) is 18.2 Å². The van der Waals surface area contributed by atoms with E-state index in [0.29, 0.717) is 23.0 Å². The quantitative estimate of drug-likeness (QED) is 0.188. The molecule has 5 aliphatic rings. The van der Waals surface area contributed by atoms with Crippen LogP contribution in [0.1, 0.15) is 66.4 Å². The second kappa shape index (κ2) is 13.1. The number of nitrogens with one attached hydrogen (secondary N) is 4. The molecule has 3 aromatic rings. The number of amides is 1. The minimum absolute atomic E-state index is 0.0586. The Balaban J connectivity index is 1.04. The molecule has 4 saturated carbocycles. The lowest BCUT2D eigenvalue weighted by molar-refractivity contribution is -0.137. The Labute approximate surface area is 279 Å². The second-order valence-electron chi connectivity index (χ2n) is 14.1. The van der Waals surface area contributed by atoms with Crippen molar-refractivity contribution < 1.29 is 22.7 Å². The van der Waals surface area contributed by atoms with Crippen LogP contribution in [-0.2, 0) is 6.18 Å². The van der Waals surface area contributed by atoms with E-state index in [2.05, 4.69) is 36.1 Å². The molecular formula is C36H44F3N7O2. The summed E-state index contributed by atoms with van der Waals surface area (Å²) in [6.07, 6.45) is 5.42. The number of hydrogen-bond donors (Lipinski definition) is 4. The highest BCUT2D eigenvalue weighted by atomic mass is 19.4. The highest BCUT2D eigenvalue weighted by Gasteiger charge is 2.50. The molecule has 8 rings (SSSR count). The van der Waals surface area contributed by atoms with Gasteiger partial charge in [0.2, 0.25) is 5.95 Å². The molecule has 5 fully saturated rings. The largest absolute Gasteiger partial charge is 0.494 e. The van der Waals surface area contributed by atoms with Crippen LogP contribution in [0, 0.1) is 30.6 Å². The maximum atomic E-state index is 14.0. The molecule has 0 radical (unpaired) electrons. The average molecular weight is 664 g/mol. The van der Waals surface area contributed by atoms with E-state index in [0.717, 1.165) is 67.5 Å². The number of methoxy groups -OCH3 is 1. The average Bonchev–Trinajstić information content (AvgIpc) is 3.06. The molecule has 256 valence electrons.